The van der Waals surface area contributed by atoms with Crippen LogP contribution in [0.15, 0.2) is 114 Å². The molecule has 4 rings (SSSR count). The summed E-state index contributed by atoms with van der Waals surface area (Å²) < 4.78 is 34.9. The first-order valence-corrected chi connectivity index (χ1v) is 16.5. The molecular formula is C35H38ClN3O5S. The maximum atomic E-state index is 14.6. The van der Waals surface area contributed by atoms with E-state index in [0.717, 1.165) is 15.4 Å². The Bertz CT molecular complexity index is 1670. The molecule has 4 aromatic carbocycles. The standard InChI is InChI=1S/C35H38ClN3O5S/c1-4-26(2)37-35(41)32(22-27-14-8-5-9-15-27)38(24-28-16-10-6-11-17-28)34(40)25-39(31-23-29(36)20-21-33(31)44-3)45(42,43)30-18-12-7-13-19-30/h5-21,23,26,32H,4,22,24-25H2,1-3H3,(H,37,41)/t26-,32+/m0/s1. The van der Waals surface area contributed by atoms with Gasteiger partial charge in [-0.2, -0.15) is 0 Å². The molecular weight excluding hydrogens is 610 g/mol. The summed E-state index contributed by atoms with van der Waals surface area (Å²) in [5.41, 5.74) is 1.75. The molecule has 2 amide bonds. The van der Waals surface area contributed by atoms with Gasteiger partial charge < -0.3 is 15.0 Å². The molecule has 0 aliphatic carbocycles. The van der Waals surface area contributed by atoms with E-state index in [-0.39, 0.29) is 46.3 Å². The third-order valence-electron chi connectivity index (χ3n) is 7.49. The van der Waals surface area contributed by atoms with Gasteiger partial charge in [0.2, 0.25) is 11.8 Å². The van der Waals surface area contributed by atoms with Gasteiger partial charge in [0.05, 0.1) is 17.7 Å². The van der Waals surface area contributed by atoms with E-state index in [0.29, 0.717) is 6.42 Å². The second kappa shape index (κ2) is 15.6. The van der Waals surface area contributed by atoms with Gasteiger partial charge in [0, 0.05) is 24.0 Å². The fourth-order valence-corrected chi connectivity index (χ4v) is 6.47. The number of hydrogen-bond donors (Lipinski definition) is 1. The summed E-state index contributed by atoms with van der Waals surface area (Å²) in [6.45, 7) is 3.34. The van der Waals surface area contributed by atoms with E-state index in [1.54, 1.807) is 30.3 Å². The zero-order valence-electron chi connectivity index (χ0n) is 25.6. The smallest absolute Gasteiger partial charge is 0.264 e. The number of hydrogen-bond acceptors (Lipinski definition) is 5. The van der Waals surface area contributed by atoms with E-state index in [9.17, 15) is 18.0 Å². The zero-order chi connectivity index (χ0) is 32.4. The summed E-state index contributed by atoms with van der Waals surface area (Å²) in [6.07, 6.45) is 0.932. The number of amides is 2. The summed E-state index contributed by atoms with van der Waals surface area (Å²) in [5, 5.41) is 3.30. The second-order valence-corrected chi connectivity index (χ2v) is 13.0. The number of rotatable bonds is 14. The number of sulfonamides is 1. The van der Waals surface area contributed by atoms with Gasteiger partial charge in [0.15, 0.2) is 0 Å². The third kappa shape index (κ3) is 8.65. The molecule has 0 aromatic heterocycles. The average molecular weight is 648 g/mol. The van der Waals surface area contributed by atoms with Crippen LogP contribution < -0.4 is 14.4 Å². The van der Waals surface area contributed by atoms with Gasteiger partial charge >= 0.3 is 0 Å². The molecule has 0 radical (unpaired) electrons. The van der Waals surface area contributed by atoms with E-state index in [1.807, 2.05) is 74.5 Å². The number of halogens is 1. The van der Waals surface area contributed by atoms with Crippen LogP contribution in [0.1, 0.15) is 31.4 Å². The lowest BCUT2D eigenvalue weighted by molar-refractivity contribution is -0.140. The number of methoxy groups -OCH3 is 1. The number of carbonyl (C=O) groups excluding carboxylic acids is 2. The number of anilines is 1. The van der Waals surface area contributed by atoms with Crippen LogP contribution in [0.4, 0.5) is 5.69 Å². The van der Waals surface area contributed by atoms with Gasteiger partial charge in [-0.25, -0.2) is 8.42 Å². The van der Waals surface area contributed by atoms with Gasteiger partial charge in [-0.05, 0) is 54.8 Å². The Morgan fingerprint density at radius 3 is 2.02 bits per heavy atom. The molecule has 1 N–H and O–H groups in total. The minimum absolute atomic E-state index is 0.00946. The SMILES string of the molecule is CC[C@H](C)NC(=O)[C@@H](Cc1ccccc1)N(Cc1ccccc1)C(=O)CN(c1cc(Cl)ccc1OC)S(=O)(=O)c1ccccc1. The minimum atomic E-state index is -4.29. The van der Waals surface area contributed by atoms with E-state index in [4.69, 9.17) is 16.3 Å². The summed E-state index contributed by atoms with van der Waals surface area (Å²) in [6, 6.07) is 30.1. The zero-order valence-corrected chi connectivity index (χ0v) is 27.2. The number of nitrogens with one attached hydrogen (secondary N) is 1. The highest BCUT2D eigenvalue weighted by Gasteiger charge is 2.36. The predicted octanol–water partition coefficient (Wildman–Crippen LogP) is 6.10. The van der Waals surface area contributed by atoms with Crippen LogP contribution in [0.5, 0.6) is 5.75 Å². The molecule has 8 nitrogen and oxygen atoms in total. The van der Waals surface area contributed by atoms with Gasteiger partial charge in [-0.15, -0.1) is 0 Å². The van der Waals surface area contributed by atoms with Crippen molar-refractivity contribution >= 4 is 39.1 Å². The van der Waals surface area contributed by atoms with Crippen molar-refractivity contribution in [3.8, 4) is 5.75 Å². The van der Waals surface area contributed by atoms with Crippen molar-refractivity contribution in [3.05, 3.63) is 125 Å². The largest absolute Gasteiger partial charge is 0.495 e. The van der Waals surface area contributed by atoms with Gasteiger partial charge in [0.25, 0.3) is 10.0 Å². The van der Waals surface area contributed by atoms with Gasteiger partial charge in [-0.3, -0.25) is 13.9 Å². The molecule has 0 unspecified atom stereocenters. The predicted molar refractivity (Wildman–Crippen MR) is 178 cm³/mol. The molecule has 45 heavy (non-hydrogen) atoms. The normalized spacial score (nSPS) is 12.5. The van der Waals surface area contributed by atoms with E-state index in [2.05, 4.69) is 5.32 Å². The van der Waals surface area contributed by atoms with Crippen LogP contribution in [-0.2, 0) is 32.6 Å². The van der Waals surface area contributed by atoms with Crippen LogP contribution in [0.2, 0.25) is 5.02 Å². The number of benzene rings is 4. The molecule has 0 bridgehead atoms. The summed E-state index contributed by atoms with van der Waals surface area (Å²) in [7, 11) is -2.87. The summed E-state index contributed by atoms with van der Waals surface area (Å²) >= 11 is 6.34. The van der Waals surface area contributed by atoms with Crippen molar-refractivity contribution in [2.75, 3.05) is 18.0 Å². The van der Waals surface area contributed by atoms with E-state index < -0.39 is 28.5 Å². The number of carbonyl (C=O) groups is 2. The Kier molecular flexibility index (Phi) is 11.6. The first kappa shape index (κ1) is 33.6. The van der Waals surface area contributed by atoms with Crippen LogP contribution in [0.3, 0.4) is 0 Å². The molecule has 0 aliphatic heterocycles. The highest BCUT2D eigenvalue weighted by atomic mass is 35.5. The maximum Gasteiger partial charge on any atom is 0.264 e. The Hall–Kier alpha value is -4.34. The molecule has 0 fully saturated rings. The number of nitrogens with zero attached hydrogens (tertiary/aromatic N) is 2. The first-order valence-electron chi connectivity index (χ1n) is 14.7. The Morgan fingerprint density at radius 2 is 1.44 bits per heavy atom. The van der Waals surface area contributed by atoms with Gasteiger partial charge in [0.1, 0.15) is 18.3 Å². The lowest BCUT2D eigenvalue weighted by Crippen LogP contribution is -2.54. The van der Waals surface area contributed by atoms with Crippen LogP contribution in [0.25, 0.3) is 0 Å². The topological polar surface area (TPSA) is 96.0 Å². The van der Waals surface area contributed by atoms with Crippen molar-refractivity contribution in [2.45, 2.75) is 50.2 Å². The monoisotopic (exact) mass is 647 g/mol. The first-order chi connectivity index (χ1) is 21.6. The fraction of sp³-hybridized carbons (Fsp3) is 0.257. The average Bonchev–Trinajstić information content (AvgIpc) is 3.06. The van der Waals surface area contributed by atoms with E-state index in [1.165, 1.54) is 30.2 Å². The molecule has 0 aliphatic rings. The second-order valence-electron chi connectivity index (χ2n) is 10.7. The lowest BCUT2D eigenvalue weighted by Gasteiger charge is -2.34. The third-order valence-corrected chi connectivity index (χ3v) is 9.50. The molecule has 2 atom stereocenters. The molecule has 4 aromatic rings. The van der Waals surface area contributed by atoms with Crippen molar-refractivity contribution in [2.24, 2.45) is 0 Å². The molecule has 0 spiro atoms. The van der Waals surface area contributed by atoms with Gasteiger partial charge in [-0.1, -0.05) is 97.4 Å². The van der Waals surface area contributed by atoms with Crippen LogP contribution in [0, 0.1) is 0 Å². The van der Waals surface area contributed by atoms with Crippen molar-refractivity contribution < 1.29 is 22.7 Å². The molecule has 0 saturated heterocycles. The molecule has 10 heteroatoms. The minimum Gasteiger partial charge on any atom is -0.495 e. The lowest BCUT2D eigenvalue weighted by atomic mass is 10.0. The van der Waals surface area contributed by atoms with Crippen molar-refractivity contribution in [1.29, 1.82) is 0 Å². The fourth-order valence-electron chi connectivity index (χ4n) is 4.87. The van der Waals surface area contributed by atoms with Crippen molar-refractivity contribution in [3.63, 3.8) is 0 Å². The molecule has 0 heterocycles. The van der Waals surface area contributed by atoms with Crippen LogP contribution >= 0.6 is 11.6 Å². The quantitative estimate of drug-likeness (QED) is 0.179. The van der Waals surface area contributed by atoms with Crippen LogP contribution in [-0.4, -0.2) is 50.9 Å². The highest BCUT2D eigenvalue weighted by molar-refractivity contribution is 7.92. The Morgan fingerprint density at radius 1 is 0.867 bits per heavy atom. The maximum absolute atomic E-state index is 14.6. The van der Waals surface area contributed by atoms with E-state index >= 15 is 0 Å². The summed E-state index contributed by atoms with van der Waals surface area (Å²) in [4.78, 5) is 29.9. The number of ether oxygens (including phenoxy) is 1. The highest BCUT2D eigenvalue weighted by Crippen LogP contribution is 2.35. The van der Waals surface area contributed by atoms with Crippen molar-refractivity contribution in [1.82, 2.24) is 10.2 Å². The summed E-state index contributed by atoms with van der Waals surface area (Å²) in [5.74, 6) is -0.674. The Balaban J connectivity index is 1.83. The molecule has 0 saturated carbocycles. The molecule has 236 valence electrons. The Labute approximate surface area is 270 Å².